The Kier molecular flexibility index (Phi) is 4.81. The largest absolute Gasteiger partial charge is 0.300 e. The smallest absolute Gasteiger partial charge is 0.0120 e. The van der Waals surface area contributed by atoms with Crippen LogP contribution in [-0.4, -0.2) is 48.1 Å². The number of rotatable bonds is 2. The molecule has 0 aromatic rings. The van der Waals surface area contributed by atoms with Gasteiger partial charge >= 0.3 is 0 Å². The van der Waals surface area contributed by atoms with Crippen LogP contribution in [0.4, 0.5) is 0 Å². The first-order valence-corrected chi connectivity index (χ1v) is 8.81. The lowest BCUT2D eigenvalue weighted by Crippen LogP contribution is -2.49. The SMILES string of the molecule is CC1CCC(N2CCC(N3CCCCC3)CC2)CC1. The van der Waals surface area contributed by atoms with E-state index in [4.69, 9.17) is 0 Å². The summed E-state index contributed by atoms with van der Waals surface area (Å²) >= 11 is 0. The van der Waals surface area contributed by atoms with Gasteiger partial charge in [0.15, 0.2) is 0 Å². The van der Waals surface area contributed by atoms with Gasteiger partial charge in [-0.25, -0.2) is 0 Å². The van der Waals surface area contributed by atoms with Crippen LogP contribution in [0, 0.1) is 5.92 Å². The third kappa shape index (κ3) is 3.52. The molecule has 2 aliphatic heterocycles. The van der Waals surface area contributed by atoms with Crippen LogP contribution in [0.25, 0.3) is 0 Å². The Labute approximate surface area is 119 Å². The number of hydrogen-bond donors (Lipinski definition) is 0. The molecule has 1 saturated carbocycles. The van der Waals surface area contributed by atoms with Crippen LogP contribution < -0.4 is 0 Å². The van der Waals surface area contributed by atoms with Gasteiger partial charge in [0.1, 0.15) is 0 Å². The predicted molar refractivity (Wildman–Crippen MR) is 81.4 cm³/mol. The van der Waals surface area contributed by atoms with Crippen LogP contribution >= 0.6 is 0 Å². The first-order chi connectivity index (χ1) is 9.33. The van der Waals surface area contributed by atoms with Gasteiger partial charge in [-0.15, -0.1) is 0 Å². The van der Waals surface area contributed by atoms with Crippen molar-refractivity contribution in [2.45, 2.75) is 76.8 Å². The standard InChI is InChI=1S/C17H32N2/c1-15-5-7-16(8-6-15)19-13-9-17(10-14-19)18-11-3-2-4-12-18/h15-17H,2-14H2,1H3. The summed E-state index contributed by atoms with van der Waals surface area (Å²) in [4.78, 5) is 5.62. The van der Waals surface area contributed by atoms with Gasteiger partial charge in [0.25, 0.3) is 0 Å². The van der Waals surface area contributed by atoms with E-state index in [1.807, 2.05) is 0 Å². The highest BCUT2D eigenvalue weighted by Gasteiger charge is 2.30. The second-order valence-corrected chi connectivity index (χ2v) is 7.28. The molecule has 2 saturated heterocycles. The second-order valence-electron chi connectivity index (χ2n) is 7.28. The quantitative estimate of drug-likeness (QED) is 0.753. The Morgan fingerprint density at radius 2 is 1.11 bits per heavy atom. The minimum atomic E-state index is 0.916. The number of nitrogens with zero attached hydrogens (tertiary/aromatic N) is 2. The van der Waals surface area contributed by atoms with E-state index in [2.05, 4.69) is 16.7 Å². The van der Waals surface area contributed by atoms with Crippen LogP contribution in [-0.2, 0) is 0 Å². The van der Waals surface area contributed by atoms with Crippen molar-refractivity contribution >= 4 is 0 Å². The monoisotopic (exact) mass is 264 g/mol. The van der Waals surface area contributed by atoms with Gasteiger partial charge in [-0.2, -0.15) is 0 Å². The van der Waals surface area contributed by atoms with E-state index in [1.54, 1.807) is 0 Å². The van der Waals surface area contributed by atoms with Crippen molar-refractivity contribution in [3.8, 4) is 0 Å². The molecule has 0 amide bonds. The third-order valence-corrected chi connectivity index (χ3v) is 5.91. The molecule has 0 radical (unpaired) electrons. The first-order valence-electron chi connectivity index (χ1n) is 8.81. The molecule has 3 aliphatic rings. The normalized spacial score (nSPS) is 36.5. The molecular formula is C17H32N2. The van der Waals surface area contributed by atoms with Crippen LogP contribution in [0.1, 0.15) is 64.7 Å². The fourth-order valence-electron chi connectivity index (χ4n) is 4.51. The highest BCUT2D eigenvalue weighted by atomic mass is 15.2. The van der Waals surface area contributed by atoms with Gasteiger partial charge in [0.05, 0.1) is 0 Å². The highest BCUT2D eigenvalue weighted by Crippen LogP contribution is 2.30. The molecule has 0 N–H and O–H groups in total. The Balaban J connectivity index is 1.44. The molecule has 2 heterocycles. The third-order valence-electron chi connectivity index (χ3n) is 5.91. The van der Waals surface area contributed by atoms with Crippen molar-refractivity contribution < 1.29 is 0 Å². The Hall–Kier alpha value is -0.0800. The van der Waals surface area contributed by atoms with E-state index in [9.17, 15) is 0 Å². The minimum Gasteiger partial charge on any atom is -0.300 e. The summed E-state index contributed by atoms with van der Waals surface area (Å²) in [6.07, 6.45) is 13.1. The van der Waals surface area contributed by atoms with Crippen LogP contribution in [0.5, 0.6) is 0 Å². The maximum absolute atomic E-state index is 2.83. The molecule has 3 rings (SSSR count). The molecule has 110 valence electrons. The van der Waals surface area contributed by atoms with Crippen molar-refractivity contribution in [2.24, 2.45) is 5.92 Å². The zero-order valence-corrected chi connectivity index (χ0v) is 12.8. The zero-order chi connectivity index (χ0) is 13.1. The predicted octanol–water partition coefficient (Wildman–Crippen LogP) is 3.52. The maximum atomic E-state index is 2.83. The molecule has 2 nitrogen and oxygen atoms in total. The number of piperidine rings is 2. The maximum Gasteiger partial charge on any atom is 0.0120 e. The highest BCUT2D eigenvalue weighted by molar-refractivity contribution is 4.86. The lowest BCUT2D eigenvalue weighted by molar-refractivity contribution is 0.0571. The van der Waals surface area contributed by atoms with Gasteiger partial charge in [-0.1, -0.05) is 13.3 Å². The molecule has 19 heavy (non-hydrogen) atoms. The van der Waals surface area contributed by atoms with E-state index in [1.165, 1.54) is 84.0 Å². The van der Waals surface area contributed by atoms with Gasteiger partial charge in [0, 0.05) is 12.1 Å². The van der Waals surface area contributed by atoms with Crippen molar-refractivity contribution in [3.05, 3.63) is 0 Å². The average Bonchev–Trinajstić information content (AvgIpc) is 2.49. The van der Waals surface area contributed by atoms with E-state index in [0.29, 0.717) is 0 Å². The Morgan fingerprint density at radius 3 is 1.74 bits per heavy atom. The average molecular weight is 264 g/mol. The fourth-order valence-corrected chi connectivity index (χ4v) is 4.51. The van der Waals surface area contributed by atoms with Crippen LogP contribution in [0.15, 0.2) is 0 Å². The summed E-state index contributed by atoms with van der Waals surface area (Å²) in [7, 11) is 0. The first kappa shape index (κ1) is 13.9. The van der Waals surface area contributed by atoms with Crippen LogP contribution in [0.3, 0.4) is 0 Å². The molecule has 0 unspecified atom stereocenters. The van der Waals surface area contributed by atoms with E-state index < -0.39 is 0 Å². The van der Waals surface area contributed by atoms with Gasteiger partial charge in [0.2, 0.25) is 0 Å². The molecular weight excluding hydrogens is 232 g/mol. The lowest BCUT2D eigenvalue weighted by atomic mass is 9.85. The van der Waals surface area contributed by atoms with E-state index in [0.717, 1.165) is 18.0 Å². The van der Waals surface area contributed by atoms with Crippen molar-refractivity contribution in [1.29, 1.82) is 0 Å². The van der Waals surface area contributed by atoms with Crippen molar-refractivity contribution in [2.75, 3.05) is 26.2 Å². The van der Waals surface area contributed by atoms with E-state index in [-0.39, 0.29) is 0 Å². The van der Waals surface area contributed by atoms with Crippen molar-refractivity contribution in [3.63, 3.8) is 0 Å². The molecule has 0 spiro atoms. The van der Waals surface area contributed by atoms with Crippen molar-refractivity contribution in [1.82, 2.24) is 9.80 Å². The summed E-state index contributed by atoms with van der Waals surface area (Å²) in [5.41, 5.74) is 0. The molecule has 2 heteroatoms. The topological polar surface area (TPSA) is 6.48 Å². The van der Waals surface area contributed by atoms with Gasteiger partial charge < -0.3 is 9.80 Å². The van der Waals surface area contributed by atoms with Gasteiger partial charge in [-0.3, -0.25) is 0 Å². The minimum absolute atomic E-state index is 0.916. The van der Waals surface area contributed by atoms with Gasteiger partial charge in [-0.05, 0) is 83.5 Å². The molecule has 0 atom stereocenters. The summed E-state index contributed by atoms with van der Waals surface area (Å²) in [5.74, 6) is 0.988. The molecule has 0 bridgehead atoms. The van der Waals surface area contributed by atoms with Crippen LogP contribution in [0.2, 0.25) is 0 Å². The lowest BCUT2D eigenvalue weighted by Gasteiger charge is -2.44. The fraction of sp³-hybridized carbons (Fsp3) is 1.00. The summed E-state index contributed by atoms with van der Waals surface area (Å²) in [6.45, 7) is 7.94. The Morgan fingerprint density at radius 1 is 0.579 bits per heavy atom. The summed E-state index contributed by atoms with van der Waals surface area (Å²) in [5, 5.41) is 0. The summed E-state index contributed by atoms with van der Waals surface area (Å²) in [6, 6.07) is 1.84. The molecule has 1 aliphatic carbocycles. The molecule has 0 aromatic carbocycles. The number of hydrogen-bond acceptors (Lipinski definition) is 2. The zero-order valence-electron chi connectivity index (χ0n) is 12.8. The number of likely N-dealkylation sites (tertiary alicyclic amines) is 2. The molecule has 0 aromatic heterocycles. The second kappa shape index (κ2) is 6.58. The Bertz CT molecular complexity index is 256. The van der Waals surface area contributed by atoms with E-state index >= 15 is 0 Å². The molecule has 3 fully saturated rings. The summed E-state index contributed by atoms with van der Waals surface area (Å²) < 4.78 is 0.